The van der Waals surface area contributed by atoms with Crippen molar-refractivity contribution >= 4 is 34.5 Å². The molecule has 0 radical (unpaired) electrons. The van der Waals surface area contributed by atoms with Gasteiger partial charge in [-0.25, -0.2) is 9.78 Å². The number of rotatable bonds is 3. The van der Waals surface area contributed by atoms with Crippen molar-refractivity contribution in [1.29, 1.82) is 0 Å². The summed E-state index contributed by atoms with van der Waals surface area (Å²) in [5.74, 6) is -0.146. The Hall–Kier alpha value is -3.16. The number of pyridine rings is 1. The summed E-state index contributed by atoms with van der Waals surface area (Å²) >= 11 is 6.51. The highest BCUT2D eigenvalue weighted by Gasteiger charge is 2.30. The lowest BCUT2D eigenvalue weighted by molar-refractivity contribution is 0.0507. The Morgan fingerprint density at radius 2 is 2.00 bits per heavy atom. The average Bonchev–Trinajstić information content (AvgIpc) is 2.77. The summed E-state index contributed by atoms with van der Waals surface area (Å²) in [6, 6.07) is 14.6. The molecule has 0 unspecified atom stereocenters. The number of aromatic nitrogens is 1. The van der Waals surface area contributed by atoms with Crippen LogP contribution in [0, 0.1) is 0 Å². The SMILES string of the molecule is C[C@@H]1CN(C(=O)c2ccc3c(Cl)cc(-c4cccc(CN)c4)nc3c2)CCN1C(=O)O. The van der Waals surface area contributed by atoms with Gasteiger partial charge in [0.25, 0.3) is 5.91 Å². The van der Waals surface area contributed by atoms with Crippen LogP contribution in [0.25, 0.3) is 22.2 Å². The van der Waals surface area contributed by atoms with Gasteiger partial charge in [0.15, 0.2) is 0 Å². The highest BCUT2D eigenvalue weighted by Crippen LogP contribution is 2.29. The molecule has 1 atom stereocenters. The molecule has 1 aliphatic heterocycles. The number of carbonyl (C=O) groups excluding carboxylic acids is 1. The molecule has 0 aliphatic carbocycles. The summed E-state index contributed by atoms with van der Waals surface area (Å²) in [4.78, 5) is 32.1. The Kier molecular flexibility index (Phi) is 5.80. The van der Waals surface area contributed by atoms with Crippen LogP contribution in [0.3, 0.4) is 0 Å². The lowest BCUT2D eigenvalue weighted by Crippen LogP contribution is -2.55. The molecular formula is C23H23ClN4O3. The van der Waals surface area contributed by atoms with Crippen molar-refractivity contribution in [2.24, 2.45) is 5.73 Å². The molecule has 0 spiro atoms. The normalized spacial score (nSPS) is 16.5. The van der Waals surface area contributed by atoms with E-state index in [1.54, 1.807) is 30.0 Å². The first-order valence-corrected chi connectivity index (χ1v) is 10.4. The monoisotopic (exact) mass is 438 g/mol. The second-order valence-corrected chi connectivity index (χ2v) is 8.11. The highest BCUT2D eigenvalue weighted by molar-refractivity contribution is 6.35. The van der Waals surface area contributed by atoms with Gasteiger partial charge in [-0.2, -0.15) is 0 Å². The number of nitrogens with two attached hydrogens (primary N) is 1. The third kappa shape index (κ3) is 4.19. The number of nitrogens with zero attached hydrogens (tertiary/aromatic N) is 3. The molecule has 2 heterocycles. The number of piperazine rings is 1. The zero-order chi connectivity index (χ0) is 22.1. The lowest BCUT2D eigenvalue weighted by atomic mass is 10.0. The molecule has 3 N–H and O–H groups in total. The Morgan fingerprint density at radius 3 is 2.71 bits per heavy atom. The highest BCUT2D eigenvalue weighted by atomic mass is 35.5. The zero-order valence-electron chi connectivity index (χ0n) is 17.1. The molecule has 1 aliphatic rings. The van der Waals surface area contributed by atoms with E-state index < -0.39 is 6.09 Å². The van der Waals surface area contributed by atoms with E-state index in [4.69, 9.17) is 22.3 Å². The van der Waals surface area contributed by atoms with Gasteiger partial charge in [0.1, 0.15) is 0 Å². The minimum absolute atomic E-state index is 0.146. The van der Waals surface area contributed by atoms with E-state index in [0.717, 1.165) is 16.5 Å². The molecule has 0 bridgehead atoms. The van der Waals surface area contributed by atoms with Gasteiger partial charge in [-0.15, -0.1) is 0 Å². The van der Waals surface area contributed by atoms with Crippen LogP contribution in [0.1, 0.15) is 22.8 Å². The van der Waals surface area contributed by atoms with Crippen molar-refractivity contribution in [2.75, 3.05) is 19.6 Å². The van der Waals surface area contributed by atoms with E-state index in [0.29, 0.717) is 48.0 Å². The van der Waals surface area contributed by atoms with Crippen LogP contribution in [-0.4, -0.2) is 57.6 Å². The molecule has 2 amide bonds. The van der Waals surface area contributed by atoms with E-state index in [-0.39, 0.29) is 11.9 Å². The van der Waals surface area contributed by atoms with Crippen molar-refractivity contribution in [3.05, 3.63) is 64.7 Å². The Balaban J connectivity index is 1.65. The van der Waals surface area contributed by atoms with Crippen molar-refractivity contribution in [2.45, 2.75) is 19.5 Å². The van der Waals surface area contributed by atoms with Crippen molar-refractivity contribution in [3.63, 3.8) is 0 Å². The van der Waals surface area contributed by atoms with Gasteiger partial charge in [-0.1, -0.05) is 35.9 Å². The van der Waals surface area contributed by atoms with Gasteiger partial charge in [-0.3, -0.25) is 4.79 Å². The average molecular weight is 439 g/mol. The van der Waals surface area contributed by atoms with Gasteiger partial charge in [0, 0.05) is 48.7 Å². The molecule has 4 rings (SSSR count). The predicted octanol–water partition coefficient (Wildman–Crippen LogP) is 3.84. The number of benzene rings is 2. The molecule has 160 valence electrons. The van der Waals surface area contributed by atoms with E-state index in [2.05, 4.69) is 0 Å². The van der Waals surface area contributed by atoms with Gasteiger partial charge in [0.2, 0.25) is 0 Å². The molecule has 7 nitrogen and oxygen atoms in total. The number of fused-ring (bicyclic) bond motifs is 1. The standard InChI is InChI=1S/C23H23ClN4O3/c1-14-13-27(7-8-28(14)23(30)31)22(29)17-5-6-18-19(24)11-20(26-21(18)10-17)16-4-2-3-15(9-16)12-25/h2-6,9-11,14H,7-8,12-13,25H2,1H3,(H,30,31)/t14-/m1/s1. The zero-order valence-corrected chi connectivity index (χ0v) is 17.8. The first-order chi connectivity index (χ1) is 14.9. The fraction of sp³-hybridized carbons (Fsp3) is 0.261. The number of halogens is 1. The molecule has 1 saturated heterocycles. The van der Waals surface area contributed by atoms with Gasteiger partial charge >= 0.3 is 6.09 Å². The van der Waals surface area contributed by atoms with Gasteiger partial charge in [-0.05, 0) is 36.8 Å². The minimum atomic E-state index is -0.963. The fourth-order valence-corrected chi connectivity index (χ4v) is 4.20. The number of hydrogen-bond donors (Lipinski definition) is 2. The van der Waals surface area contributed by atoms with Crippen LogP contribution < -0.4 is 5.73 Å². The predicted molar refractivity (Wildman–Crippen MR) is 120 cm³/mol. The van der Waals surface area contributed by atoms with Crippen LogP contribution in [0.5, 0.6) is 0 Å². The largest absolute Gasteiger partial charge is 0.465 e. The van der Waals surface area contributed by atoms with Crippen LogP contribution in [-0.2, 0) is 6.54 Å². The van der Waals surface area contributed by atoms with Crippen LogP contribution >= 0.6 is 11.6 Å². The van der Waals surface area contributed by atoms with E-state index in [1.807, 2.05) is 30.3 Å². The lowest BCUT2D eigenvalue weighted by Gasteiger charge is -2.38. The Labute approximate surface area is 185 Å². The summed E-state index contributed by atoms with van der Waals surface area (Å²) in [5, 5.41) is 10.6. The van der Waals surface area contributed by atoms with Crippen molar-refractivity contribution in [3.8, 4) is 11.3 Å². The first-order valence-electron chi connectivity index (χ1n) is 10.1. The summed E-state index contributed by atoms with van der Waals surface area (Å²) in [6.07, 6.45) is -0.963. The quantitative estimate of drug-likeness (QED) is 0.647. The first kappa shape index (κ1) is 21.1. The number of carbonyl (C=O) groups is 2. The Bertz CT molecular complexity index is 1170. The summed E-state index contributed by atoms with van der Waals surface area (Å²) < 4.78 is 0. The maximum atomic E-state index is 13.1. The number of hydrogen-bond acceptors (Lipinski definition) is 4. The number of carboxylic acid groups (broad SMARTS) is 1. The van der Waals surface area contributed by atoms with E-state index in [9.17, 15) is 14.7 Å². The van der Waals surface area contributed by atoms with Crippen LogP contribution in [0.4, 0.5) is 4.79 Å². The maximum Gasteiger partial charge on any atom is 0.407 e. The van der Waals surface area contributed by atoms with Gasteiger partial charge < -0.3 is 20.6 Å². The molecule has 8 heteroatoms. The smallest absolute Gasteiger partial charge is 0.407 e. The third-order valence-electron chi connectivity index (χ3n) is 5.63. The van der Waals surface area contributed by atoms with E-state index in [1.165, 1.54) is 4.90 Å². The molecule has 2 aromatic carbocycles. The third-order valence-corrected chi connectivity index (χ3v) is 5.94. The molecular weight excluding hydrogens is 416 g/mol. The van der Waals surface area contributed by atoms with Crippen molar-refractivity contribution < 1.29 is 14.7 Å². The topological polar surface area (TPSA) is 99.8 Å². The maximum absolute atomic E-state index is 13.1. The second kappa shape index (κ2) is 8.53. The Morgan fingerprint density at radius 1 is 1.19 bits per heavy atom. The molecule has 0 saturated carbocycles. The molecule has 31 heavy (non-hydrogen) atoms. The number of amides is 2. The van der Waals surface area contributed by atoms with E-state index >= 15 is 0 Å². The second-order valence-electron chi connectivity index (χ2n) is 7.70. The molecule has 1 fully saturated rings. The summed E-state index contributed by atoms with van der Waals surface area (Å²) in [5.41, 5.74) is 9.49. The van der Waals surface area contributed by atoms with Crippen LogP contribution in [0.2, 0.25) is 5.02 Å². The van der Waals surface area contributed by atoms with Crippen LogP contribution in [0.15, 0.2) is 48.5 Å². The molecule has 3 aromatic rings. The summed E-state index contributed by atoms with van der Waals surface area (Å²) in [6.45, 7) is 3.23. The molecule has 1 aromatic heterocycles. The minimum Gasteiger partial charge on any atom is -0.465 e. The van der Waals surface area contributed by atoms with Crippen molar-refractivity contribution in [1.82, 2.24) is 14.8 Å². The summed E-state index contributed by atoms with van der Waals surface area (Å²) in [7, 11) is 0. The van der Waals surface area contributed by atoms with Gasteiger partial charge in [0.05, 0.1) is 16.2 Å². The fourth-order valence-electron chi connectivity index (χ4n) is 3.93.